The van der Waals surface area contributed by atoms with Crippen LogP contribution in [0.2, 0.25) is 0 Å². The molecule has 0 spiro atoms. The molecule has 0 saturated carbocycles. The van der Waals surface area contributed by atoms with Gasteiger partial charge in [-0.15, -0.1) is 0 Å². The zero-order valence-corrected chi connectivity index (χ0v) is 9.14. The summed E-state index contributed by atoms with van der Waals surface area (Å²) in [5.41, 5.74) is 8.44. The van der Waals surface area contributed by atoms with Crippen molar-refractivity contribution in [2.45, 2.75) is 25.4 Å². The lowest BCUT2D eigenvalue weighted by Crippen LogP contribution is -2.29. The second-order valence-electron chi connectivity index (χ2n) is 3.62. The molecule has 0 aliphatic carbocycles. The third-order valence-electron chi connectivity index (χ3n) is 2.42. The molecule has 1 aliphatic rings. The fraction of sp³-hybridized carbons (Fsp3) is 0.400. The lowest BCUT2D eigenvalue weighted by Gasteiger charge is -2.29. The van der Waals surface area contributed by atoms with Gasteiger partial charge in [0.2, 0.25) is 0 Å². The summed E-state index contributed by atoms with van der Waals surface area (Å²) >= 11 is 3.45. The van der Waals surface area contributed by atoms with Crippen molar-refractivity contribution in [1.29, 1.82) is 0 Å². The summed E-state index contributed by atoms with van der Waals surface area (Å²) in [7, 11) is 0. The SMILES string of the molecule is C[C@H]1C[C@@H](N)c2cc(Br)ccc2N1. The Bertz CT molecular complexity index is 325. The molecule has 0 aromatic heterocycles. The summed E-state index contributed by atoms with van der Waals surface area (Å²) in [5, 5.41) is 3.42. The van der Waals surface area contributed by atoms with Gasteiger partial charge in [-0.25, -0.2) is 0 Å². The van der Waals surface area contributed by atoms with Crippen LogP contribution in [0.25, 0.3) is 0 Å². The molecule has 0 bridgehead atoms. The molecular formula is C10H13BrN2. The van der Waals surface area contributed by atoms with Crippen LogP contribution in [0.15, 0.2) is 22.7 Å². The largest absolute Gasteiger partial charge is 0.382 e. The fourth-order valence-corrected chi connectivity index (χ4v) is 2.18. The van der Waals surface area contributed by atoms with E-state index >= 15 is 0 Å². The number of anilines is 1. The molecule has 0 saturated heterocycles. The van der Waals surface area contributed by atoms with Crippen molar-refractivity contribution in [1.82, 2.24) is 0 Å². The zero-order valence-electron chi connectivity index (χ0n) is 7.55. The first-order valence-electron chi connectivity index (χ1n) is 4.48. The lowest BCUT2D eigenvalue weighted by molar-refractivity contribution is 0.570. The highest BCUT2D eigenvalue weighted by atomic mass is 79.9. The number of nitrogens with one attached hydrogen (secondary N) is 1. The second-order valence-corrected chi connectivity index (χ2v) is 4.53. The van der Waals surface area contributed by atoms with Crippen LogP contribution in [0.3, 0.4) is 0 Å². The summed E-state index contributed by atoms with van der Waals surface area (Å²) in [5.74, 6) is 0. The van der Waals surface area contributed by atoms with Crippen LogP contribution in [0, 0.1) is 0 Å². The van der Waals surface area contributed by atoms with Crippen molar-refractivity contribution >= 4 is 21.6 Å². The number of hydrogen-bond donors (Lipinski definition) is 2. The smallest absolute Gasteiger partial charge is 0.0391 e. The van der Waals surface area contributed by atoms with Crippen LogP contribution < -0.4 is 11.1 Å². The van der Waals surface area contributed by atoms with Gasteiger partial charge in [0.15, 0.2) is 0 Å². The van der Waals surface area contributed by atoms with E-state index in [4.69, 9.17) is 5.73 Å². The van der Waals surface area contributed by atoms with E-state index in [1.54, 1.807) is 0 Å². The van der Waals surface area contributed by atoms with E-state index in [1.807, 2.05) is 6.07 Å². The minimum atomic E-state index is 0.170. The van der Waals surface area contributed by atoms with Gasteiger partial charge in [0.05, 0.1) is 0 Å². The van der Waals surface area contributed by atoms with Gasteiger partial charge in [-0.05, 0) is 37.1 Å². The van der Waals surface area contributed by atoms with Gasteiger partial charge >= 0.3 is 0 Å². The minimum absolute atomic E-state index is 0.170. The number of benzene rings is 1. The summed E-state index contributed by atoms with van der Waals surface area (Å²) in [6.07, 6.45) is 1.00. The maximum atomic E-state index is 6.04. The first-order valence-corrected chi connectivity index (χ1v) is 5.27. The maximum absolute atomic E-state index is 6.04. The van der Waals surface area contributed by atoms with Crippen molar-refractivity contribution < 1.29 is 0 Å². The molecule has 0 radical (unpaired) electrons. The number of rotatable bonds is 0. The van der Waals surface area contributed by atoms with E-state index in [2.05, 4.69) is 40.3 Å². The molecule has 3 N–H and O–H groups in total. The Kier molecular flexibility index (Phi) is 2.30. The van der Waals surface area contributed by atoms with E-state index in [0.29, 0.717) is 6.04 Å². The van der Waals surface area contributed by atoms with E-state index in [1.165, 1.54) is 11.3 Å². The third-order valence-corrected chi connectivity index (χ3v) is 2.92. The Morgan fingerprint density at radius 3 is 3.08 bits per heavy atom. The zero-order chi connectivity index (χ0) is 9.42. The van der Waals surface area contributed by atoms with Gasteiger partial charge in [0, 0.05) is 22.2 Å². The molecule has 1 aromatic carbocycles. The van der Waals surface area contributed by atoms with Crippen molar-refractivity contribution in [3.05, 3.63) is 28.2 Å². The summed E-state index contributed by atoms with van der Waals surface area (Å²) in [6.45, 7) is 2.16. The van der Waals surface area contributed by atoms with Crippen molar-refractivity contribution in [3.8, 4) is 0 Å². The maximum Gasteiger partial charge on any atom is 0.0391 e. The Morgan fingerprint density at radius 1 is 1.54 bits per heavy atom. The number of nitrogens with two attached hydrogens (primary N) is 1. The molecule has 70 valence electrons. The molecule has 0 fully saturated rings. The molecular weight excluding hydrogens is 228 g/mol. The van der Waals surface area contributed by atoms with Gasteiger partial charge in [-0.1, -0.05) is 15.9 Å². The molecule has 2 nitrogen and oxygen atoms in total. The van der Waals surface area contributed by atoms with Gasteiger partial charge < -0.3 is 11.1 Å². The van der Waals surface area contributed by atoms with Crippen molar-refractivity contribution in [2.75, 3.05) is 5.32 Å². The van der Waals surface area contributed by atoms with Crippen molar-refractivity contribution in [2.24, 2.45) is 5.73 Å². The van der Waals surface area contributed by atoms with Crippen LogP contribution in [-0.2, 0) is 0 Å². The predicted molar refractivity (Wildman–Crippen MR) is 58.8 cm³/mol. The Balaban J connectivity index is 2.43. The predicted octanol–water partition coefficient (Wildman–Crippen LogP) is 2.65. The number of halogens is 1. The second kappa shape index (κ2) is 3.31. The van der Waals surface area contributed by atoms with Crippen LogP contribution in [0.5, 0.6) is 0 Å². The highest BCUT2D eigenvalue weighted by molar-refractivity contribution is 9.10. The van der Waals surface area contributed by atoms with E-state index < -0.39 is 0 Å². The van der Waals surface area contributed by atoms with E-state index in [0.717, 1.165) is 10.9 Å². The average Bonchev–Trinajstić information content (AvgIpc) is 2.06. The first kappa shape index (κ1) is 9.03. The quantitative estimate of drug-likeness (QED) is 0.732. The van der Waals surface area contributed by atoms with E-state index in [-0.39, 0.29) is 6.04 Å². The molecule has 1 aliphatic heterocycles. The summed E-state index contributed by atoms with van der Waals surface area (Å²) in [4.78, 5) is 0. The molecule has 3 heteroatoms. The molecule has 1 heterocycles. The molecule has 0 amide bonds. The van der Waals surface area contributed by atoms with Crippen LogP contribution in [0.4, 0.5) is 5.69 Å². The van der Waals surface area contributed by atoms with Gasteiger partial charge in [-0.3, -0.25) is 0 Å². The lowest BCUT2D eigenvalue weighted by atomic mass is 9.95. The van der Waals surface area contributed by atoms with Gasteiger partial charge in [-0.2, -0.15) is 0 Å². The molecule has 13 heavy (non-hydrogen) atoms. The number of fused-ring (bicyclic) bond motifs is 1. The van der Waals surface area contributed by atoms with Crippen LogP contribution in [-0.4, -0.2) is 6.04 Å². The van der Waals surface area contributed by atoms with Gasteiger partial charge in [0.25, 0.3) is 0 Å². The average molecular weight is 241 g/mol. The topological polar surface area (TPSA) is 38.0 Å². The monoisotopic (exact) mass is 240 g/mol. The fourth-order valence-electron chi connectivity index (χ4n) is 1.80. The van der Waals surface area contributed by atoms with E-state index in [9.17, 15) is 0 Å². The third kappa shape index (κ3) is 1.71. The Morgan fingerprint density at radius 2 is 2.31 bits per heavy atom. The van der Waals surface area contributed by atoms with Gasteiger partial charge in [0.1, 0.15) is 0 Å². The minimum Gasteiger partial charge on any atom is -0.382 e. The molecule has 2 rings (SSSR count). The summed E-state index contributed by atoms with van der Waals surface area (Å²) in [6, 6.07) is 6.86. The molecule has 0 unspecified atom stereocenters. The molecule has 1 aromatic rings. The Labute approximate surface area is 86.6 Å². The van der Waals surface area contributed by atoms with Crippen LogP contribution >= 0.6 is 15.9 Å². The normalized spacial score (nSPS) is 26.4. The Hall–Kier alpha value is -0.540. The number of hydrogen-bond acceptors (Lipinski definition) is 2. The standard InChI is InChI=1S/C10H13BrN2/c1-6-4-9(12)8-5-7(11)2-3-10(8)13-6/h2-3,5-6,9,13H,4,12H2,1H3/t6-,9+/m0/s1. The highest BCUT2D eigenvalue weighted by Gasteiger charge is 2.20. The van der Waals surface area contributed by atoms with Crippen molar-refractivity contribution in [3.63, 3.8) is 0 Å². The highest BCUT2D eigenvalue weighted by Crippen LogP contribution is 2.32. The molecule has 2 atom stereocenters. The first-order chi connectivity index (χ1) is 6.16. The summed E-state index contributed by atoms with van der Waals surface area (Å²) < 4.78 is 1.10. The van der Waals surface area contributed by atoms with Crippen LogP contribution in [0.1, 0.15) is 24.9 Å².